The molecule has 0 heterocycles. The third-order valence-corrected chi connectivity index (χ3v) is 1.46. The third-order valence-electron chi connectivity index (χ3n) is 1.46. The number of hydrogen-bond acceptors (Lipinski definition) is 4. The Balaban J connectivity index is 4.08. The molecular weight excluding hydrogens is 196 g/mol. The molecule has 1 unspecified atom stereocenters. The standard InChI is InChI=1S/C11H14O4/c1-4-7-9(15-11(13)6-3)8-14-10(12)5-2/h4-6,9H,1-3,7-8H2. The maximum atomic E-state index is 10.9. The Morgan fingerprint density at radius 1 is 1.13 bits per heavy atom. The van der Waals surface area contributed by atoms with Crippen LogP contribution in [0, 0.1) is 0 Å². The number of carbonyl (C=O) groups is 2. The van der Waals surface area contributed by atoms with E-state index in [0.717, 1.165) is 12.2 Å². The average molecular weight is 210 g/mol. The fourth-order valence-corrected chi connectivity index (χ4v) is 0.782. The maximum absolute atomic E-state index is 10.9. The molecular formula is C11H14O4. The lowest BCUT2D eigenvalue weighted by Crippen LogP contribution is -2.23. The molecule has 0 saturated carbocycles. The number of esters is 2. The normalized spacial score (nSPS) is 10.9. The second kappa shape index (κ2) is 7.55. The number of hydrogen-bond donors (Lipinski definition) is 0. The average Bonchev–Trinajstić information content (AvgIpc) is 2.25. The summed E-state index contributed by atoms with van der Waals surface area (Å²) in [6, 6.07) is 0. The van der Waals surface area contributed by atoms with Gasteiger partial charge in [0.2, 0.25) is 0 Å². The van der Waals surface area contributed by atoms with Crippen molar-refractivity contribution < 1.29 is 19.1 Å². The molecule has 0 N–H and O–H groups in total. The molecule has 0 aliphatic heterocycles. The molecule has 15 heavy (non-hydrogen) atoms. The van der Waals surface area contributed by atoms with Gasteiger partial charge >= 0.3 is 11.9 Å². The van der Waals surface area contributed by atoms with Crippen LogP contribution in [0.1, 0.15) is 6.42 Å². The largest absolute Gasteiger partial charge is 0.459 e. The lowest BCUT2D eigenvalue weighted by atomic mass is 10.2. The number of rotatable bonds is 7. The summed E-state index contributed by atoms with van der Waals surface area (Å²) in [6.45, 7) is 9.99. The van der Waals surface area contributed by atoms with Gasteiger partial charge in [-0.3, -0.25) is 0 Å². The first-order chi connectivity index (χ1) is 7.13. The van der Waals surface area contributed by atoms with Crippen molar-refractivity contribution in [3.63, 3.8) is 0 Å². The number of carbonyl (C=O) groups excluding carboxylic acids is 2. The topological polar surface area (TPSA) is 52.6 Å². The summed E-state index contributed by atoms with van der Waals surface area (Å²) in [6.07, 6.45) is 3.54. The van der Waals surface area contributed by atoms with Crippen LogP contribution in [0.25, 0.3) is 0 Å². The van der Waals surface area contributed by atoms with Gasteiger partial charge in [0.15, 0.2) is 0 Å². The second-order valence-corrected chi connectivity index (χ2v) is 2.62. The van der Waals surface area contributed by atoms with Gasteiger partial charge in [-0.2, -0.15) is 0 Å². The van der Waals surface area contributed by atoms with Gasteiger partial charge in [-0.1, -0.05) is 19.2 Å². The summed E-state index contributed by atoms with van der Waals surface area (Å²) in [5.74, 6) is -1.12. The Bertz CT molecular complexity index is 268. The van der Waals surface area contributed by atoms with Crippen LogP contribution in [0.4, 0.5) is 0 Å². The van der Waals surface area contributed by atoms with Crippen molar-refractivity contribution in [1.82, 2.24) is 0 Å². The van der Waals surface area contributed by atoms with Crippen LogP contribution in [0.3, 0.4) is 0 Å². The predicted molar refractivity (Wildman–Crippen MR) is 56.0 cm³/mol. The highest BCUT2D eigenvalue weighted by molar-refractivity contribution is 5.82. The maximum Gasteiger partial charge on any atom is 0.330 e. The Labute approximate surface area is 88.9 Å². The van der Waals surface area contributed by atoms with E-state index >= 15 is 0 Å². The molecule has 1 atom stereocenters. The van der Waals surface area contributed by atoms with Gasteiger partial charge < -0.3 is 9.47 Å². The van der Waals surface area contributed by atoms with Crippen molar-refractivity contribution in [2.24, 2.45) is 0 Å². The Hall–Kier alpha value is -1.84. The zero-order valence-electron chi connectivity index (χ0n) is 8.48. The Kier molecular flexibility index (Phi) is 6.63. The fraction of sp³-hybridized carbons (Fsp3) is 0.273. The highest BCUT2D eigenvalue weighted by Gasteiger charge is 2.12. The van der Waals surface area contributed by atoms with Gasteiger partial charge in [-0.25, -0.2) is 9.59 Å². The quantitative estimate of drug-likeness (QED) is 0.362. The minimum Gasteiger partial charge on any atom is -0.459 e. The van der Waals surface area contributed by atoms with E-state index in [2.05, 4.69) is 19.7 Å². The van der Waals surface area contributed by atoms with Crippen molar-refractivity contribution in [3.8, 4) is 0 Å². The van der Waals surface area contributed by atoms with Crippen LogP contribution in [0.2, 0.25) is 0 Å². The highest BCUT2D eigenvalue weighted by Crippen LogP contribution is 2.02. The molecule has 0 amide bonds. The van der Waals surface area contributed by atoms with Crippen LogP contribution < -0.4 is 0 Å². The predicted octanol–water partition coefficient (Wildman–Crippen LogP) is 1.39. The third kappa shape index (κ3) is 6.26. The van der Waals surface area contributed by atoms with E-state index in [1.807, 2.05) is 0 Å². The molecule has 0 bridgehead atoms. The van der Waals surface area contributed by atoms with Crippen LogP contribution in [0.15, 0.2) is 38.0 Å². The SMILES string of the molecule is C=CCC(COC(=O)C=C)OC(=O)C=C. The van der Waals surface area contributed by atoms with Crippen LogP contribution >= 0.6 is 0 Å². The summed E-state index contributed by atoms with van der Waals surface area (Å²) in [5, 5.41) is 0. The van der Waals surface area contributed by atoms with Gasteiger partial charge in [0, 0.05) is 18.6 Å². The summed E-state index contributed by atoms with van der Waals surface area (Å²) < 4.78 is 9.63. The van der Waals surface area contributed by atoms with Crippen molar-refractivity contribution in [3.05, 3.63) is 38.0 Å². The molecule has 0 rings (SSSR count). The van der Waals surface area contributed by atoms with Crippen molar-refractivity contribution in [1.29, 1.82) is 0 Å². The molecule has 4 nitrogen and oxygen atoms in total. The molecule has 0 aromatic rings. The van der Waals surface area contributed by atoms with E-state index in [0.29, 0.717) is 6.42 Å². The van der Waals surface area contributed by atoms with Gasteiger partial charge in [-0.15, -0.1) is 6.58 Å². The van der Waals surface area contributed by atoms with Crippen LogP contribution in [-0.2, 0) is 19.1 Å². The molecule has 4 heteroatoms. The molecule has 0 radical (unpaired) electrons. The first kappa shape index (κ1) is 13.2. The molecule has 0 fully saturated rings. The summed E-state index contributed by atoms with van der Waals surface area (Å²) >= 11 is 0. The smallest absolute Gasteiger partial charge is 0.330 e. The van der Waals surface area contributed by atoms with E-state index in [1.54, 1.807) is 6.08 Å². The zero-order valence-corrected chi connectivity index (χ0v) is 8.48. The van der Waals surface area contributed by atoms with E-state index in [-0.39, 0.29) is 6.61 Å². The fourth-order valence-electron chi connectivity index (χ4n) is 0.782. The lowest BCUT2D eigenvalue weighted by molar-refractivity contribution is -0.152. The molecule has 0 aromatic heterocycles. The first-order valence-electron chi connectivity index (χ1n) is 4.37. The lowest BCUT2D eigenvalue weighted by Gasteiger charge is -2.14. The first-order valence-corrected chi connectivity index (χ1v) is 4.37. The Morgan fingerprint density at radius 2 is 1.73 bits per heavy atom. The van der Waals surface area contributed by atoms with Gasteiger partial charge in [0.05, 0.1) is 0 Å². The van der Waals surface area contributed by atoms with E-state index in [9.17, 15) is 9.59 Å². The van der Waals surface area contributed by atoms with E-state index in [1.165, 1.54) is 0 Å². The molecule has 82 valence electrons. The van der Waals surface area contributed by atoms with Crippen molar-refractivity contribution in [2.75, 3.05) is 6.61 Å². The minimum atomic E-state index is -0.559. The zero-order chi connectivity index (χ0) is 11.7. The number of ether oxygens (including phenoxy) is 2. The molecule has 0 saturated heterocycles. The molecule has 0 spiro atoms. The molecule has 0 aliphatic carbocycles. The highest BCUT2D eigenvalue weighted by atomic mass is 16.6. The molecule has 0 aromatic carbocycles. The summed E-state index contributed by atoms with van der Waals surface area (Å²) in [4.78, 5) is 21.6. The van der Waals surface area contributed by atoms with Crippen molar-refractivity contribution in [2.45, 2.75) is 12.5 Å². The van der Waals surface area contributed by atoms with Gasteiger partial charge in [-0.05, 0) is 0 Å². The van der Waals surface area contributed by atoms with E-state index < -0.39 is 18.0 Å². The van der Waals surface area contributed by atoms with Crippen LogP contribution in [0.5, 0.6) is 0 Å². The van der Waals surface area contributed by atoms with Gasteiger partial charge in [0.25, 0.3) is 0 Å². The molecule has 0 aliphatic rings. The van der Waals surface area contributed by atoms with Crippen LogP contribution in [-0.4, -0.2) is 24.6 Å². The van der Waals surface area contributed by atoms with Crippen molar-refractivity contribution >= 4 is 11.9 Å². The summed E-state index contributed by atoms with van der Waals surface area (Å²) in [7, 11) is 0. The second-order valence-electron chi connectivity index (χ2n) is 2.62. The van der Waals surface area contributed by atoms with Gasteiger partial charge in [0.1, 0.15) is 12.7 Å². The Morgan fingerprint density at radius 3 is 2.20 bits per heavy atom. The monoisotopic (exact) mass is 210 g/mol. The minimum absolute atomic E-state index is 0.0174. The summed E-state index contributed by atoms with van der Waals surface area (Å²) in [5.41, 5.74) is 0. The van der Waals surface area contributed by atoms with E-state index in [4.69, 9.17) is 9.47 Å².